The number of piperidine rings is 1. The number of aromatic nitrogens is 4. The van der Waals surface area contributed by atoms with Crippen molar-refractivity contribution in [2.75, 3.05) is 18.4 Å². The van der Waals surface area contributed by atoms with Gasteiger partial charge in [0, 0.05) is 56.3 Å². The zero-order valence-corrected chi connectivity index (χ0v) is 21.2. The second-order valence-corrected chi connectivity index (χ2v) is 9.77. The highest BCUT2D eigenvalue weighted by molar-refractivity contribution is 5.93. The minimum absolute atomic E-state index is 0.0122. The number of imidazole rings is 2. The van der Waals surface area contributed by atoms with E-state index in [4.69, 9.17) is 0 Å². The van der Waals surface area contributed by atoms with Gasteiger partial charge in [-0.25, -0.2) is 14.8 Å². The Balaban J connectivity index is 1.00. The third kappa shape index (κ3) is 4.82. The molecule has 1 saturated heterocycles. The third-order valence-corrected chi connectivity index (χ3v) is 7.23. The summed E-state index contributed by atoms with van der Waals surface area (Å²) < 4.78 is 3.83. The van der Waals surface area contributed by atoms with Gasteiger partial charge in [-0.1, -0.05) is 18.2 Å². The van der Waals surface area contributed by atoms with E-state index in [-0.39, 0.29) is 11.9 Å². The van der Waals surface area contributed by atoms with Gasteiger partial charge < -0.3 is 24.3 Å². The Morgan fingerprint density at radius 1 is 1.00 bits per heavy atom. The Morgan fingerprint density at radius 3 is 2.61 bits per heavy atom. The van der Waals surface area contributed by atoms with Crippen LogP contribution in [0.25, 0.3) is 11.3 Å². The van der Waals surface area contributed by atoms with E-state index in [0.717, 1.165) is 41.0 Å². The fourth-order valence-electron chi connectivity index (χ4n) is 5.09. The van der Waals surface area contributed by atoms with Gasteiger partial charge in [0.15, 0.2) is 0 Å². The molecule has 1 aliphatic heterocycles. The van der Waals surface area contributed by atoms with Crippen molar-refractivity contribution in [2.24, 2.45) is 0 Å². The highest BCUT2D eigenvalue weighted by Crippen LogP contribution is 2.29. The van der Waals surface area contributed by atoms with Crippen molar-refractivity contribution in [1.29, 1.82) is 0 Å². The fourth-order valence-corrected chi connectivity index (χ4v) is 5.09. The number of benzene rings is 1. The Hall–Kier alpha value is -4.66. The average Bonchev–Trinajstić information content (AvgIpc) is 3.60. The van der Waals surface area contributed by atoms with Crippen LogP contribution in [0.5, 0.6) is 0 Å². The van der Waals surface area contributed by atoms with Gasteiger partial charge in [0.2, 0.25) is 0 Å². The van der Waals surface area contributed by atoms with E-state index in [2.05, 4.69) is 32.7 Å². The van der Waals surface area contributed by atoms with Gasteiger partial charge >= 0.3 is 6.03 Å². The molecular formula is C29H29N7O2. The Morgan fingerprint density at radius 2 is 1.82 bits per heavy atom. The molecule has 9 heteroatoms. The van der Waals surface area contributed by atoms with Crippen molar-refractivity contribution >= 4 is 28.9 Å². The molecule has 0 radical (unpaired) electrons. The fraction of sp³-hybridized carbons (Fsp3) is 0.241. The Kier molecular flexibility index (Phi) is 6.25. The lowest BCUT2D eigenvalue weighted by Crippen LogP contribution is -2.38. The zero-order chi connectivity index (χ0) is 26.1. The summed E-state index contributed by atoms with van der Waals surface area (Å²) in [6.45, 7) is 3.81. The quantitative estimate of drug-likeness (QED) is 0.363. The molecule has 1 fully saturated rings. The Bertz CT molecular complexity index is 1610. The molecule has 0 saturated carbocycles. The first-order chi connectivity index (χ1) is 18.5. The summed E-state index contributed by atoms with van der Waals surface area (Å²) in [7, 11) is 0. The number of amides is 3. The molecule has 0 bridgehead atoms. The molecule has 0 aliphatic carbocycles. The van der Waals surface area contributed by atoms with Crippen LogP contribution in [0.2, 0.25) is 0 Å². The number of urea groups is 1. The van der Waals surface area contributed by atoms with Crippen molar-refractivity contribution in [3.63, 3.8) is 0 Å². The van der Waals surface area contributed by atoms with Crippen LogP contribution in [-0.2, 0) is 6.54 Å². The molecule has 6 rings (SSSR count). The first-order valence-electron chi connectivity index (χ1n) is 12.8. The Labute approximate surface area is 220 Å². The molecule has 2 N–H and O–H groups in total. The molecule has 38 heavy (non-hydrogen) atoms. The van der Waals surface area contributed by atoms with Crippen LogP contribution >= 0.6 is 0 Å². The smallest absolute Gasteiger partial charge is 0.319 e. The van der Waals surface area contributed by atoms with Gasteiger partial charge in [-0.2, -0.15) is 0 Å². The predicted molar refractivity (Wildman–Crippen MR) is 145 cm³/mol. The lowest BCUT2D eigenvalue weighted by atomic mass is 9.89. The van der Waals surface area contributed by atoms with Crippen LogP contribution in [0.4, 0.5) is 10.5 Å². The van der Waals surface area contributed by atoms with Gasteiger partial charge in [0.25, 0.3) is 5.91 Å². The van der Waals surface area contributed by atoms with E-state index in [0.29, 0.717) is 31.2 Å². The molecule has 192 valence electrons. The average molecular weight is 508 g/mol. The molecule has 1 aliphatic rings. The lowest BCUT2D eigenvalue weighted by Gasteiger charge is -2.32. The molecule has 5 heterocycles. The number of hydrogen-bond donors (Lipinski definition) is 2. The van der Waals surface area contributed by atoms with Crippen molar-refractivity contribution < 1.29 is 9.59 Å². The molecule has 3 amide bonds. The van der Waals surface area contributed by atoms with Crippen LogP contribution in [0, 0.1) is 6.92 Å². The third-order valence-electron chi connectivity index (χ3n) is 7.23. The molecule has 0 spiro atoms. The number of likely N-dealkylation sites (tertiary alicyclic amines) is 1. The van der Waals surface area contributed by atoms with E-state index >= 15 is 0 Å². The number of aryl methyl sites for hydroxylation is 1. The summed E-state index contributed by atoms with van der Waals surface area (Å²) in [6, 6.07) is 15.6. The number of carbonyl (C=O) groups is 2. The van der Waals surface area contributed by atoms with Crippen molar-refractivity contribution in [3.05, 3.63) is 102 Å². The molecule has 9 nitrogen and oxygen atoms in total. The molecule has 1 aromatic carbocycles. The molecule has 5 aromatic rings. The minimum Gasteiger partial charge on any atom is -0.337 e. The molecule has 0 unspecified atom stereocenters. The number of nitrogens with one attached hydrogen (secondary N) is 2. The van der Waals surface area contributed by atoms with Crippen LogP contribution in [0.3, 0.4) is 0 Å². The molecule has 0 atom stereocenters. The standard InChI is InChI=1S/C29H29N7O2/c1-20-3-2-12-36-19-25(33-27(20)36)28(37)35-14-9-23(10-15-35)22-4-6-24(7-5-22)32-29(38)31-18-21-8-13-34-16-11-30-26(34)17-21/h2-8,11-13,16-17,19,23H,9-10,14-15,18H2,1H3,(H2,31,32,38). The van der Waals surface area contributed by atoms with Crippen molar-refractivity contribution in [3.8, 4) is 0 Å². The predicted octanol–water partition coefficient (Wildman–Crippen LogP) is 4.63. The van der Waals surface area contributed by atoms with Crippen molar-refractivity contribution in [1.82, 2.24) is 29.0 Å². The number of nitrogens with zero attached hydrogens (tertiary/aromatic N) is 5. The van der Waals surface area contributed by atoms with Crippen LogP contribution in [-0.4, -0.2) is 48.7 Å². The van der Waals surface area contributed by atoms with Crippen LogP contribution < -0.4 is 10.6 Å². The molecule has 4 aromatic heterocycles. The van der Waals surface area contributed by atoms with E-state index in [1.54, 1.807) is 6.20 Å². The van der Waals surface area contributed by atoms with Crippen LogP contribution in [0.1, 0.15) is 45.9 Å². The van der Waals surface area contributed by atoms with E-state index in [1.165, 1.54) is 5.56 Å². The van der Waals surface area contributed by atoms with Gasteiger partial charge in [-0.3, -0.25) is 4.79 Å². The first kappa shape index (κ1) is 23.7. The highest BCUT2D eigenvalue weighted by atomic mass is 16.2. The summed E-state index contributed by atoms with van der Waals surface area (Å²) in [5.74, 6) is 0.365. The maximum absolute atomic E-state index is 13.1. The number of carbonyl (C=O) groups excluding carboxylic acids is 2. The maximum atomic E-state index is 13.1. The summed E-state index contributed by atoms with van der Waals surface area (Å²) in [4.78, 5) is 36.2. The lowest BCUT2D eigenvalue weighted by molar-refractivity contribution is 0.0707. The number of anilines is 1. The number of rotatable bonds is 5. The van der Waals surface area contributed by atoms with Crippen LogP contribution in [0.15, 0.2) is 79.5 Å². The minimum atomic E-state index is -0.255. The van der Waals surface area contributed by atoms with E-state index < -0.39 is 0 Å². The first-order valence-corrected chi connectivity index (χ1v) is 12.8. The topological polar surface area (TPSA) is 96.0 Å². The number of fused-ring (bicyclic) bond motifs is 2. The normalized spacial score (nSPS) is 14.2. The summed E-state index contributed by atoms with van der Waals surface area (Å²) in [6.07, 6.45) is 11.1. The van der Waals surface area contributed by atoms with Gasteiger partial charge in [-0.05, 0) is 72.7 Å². The second kappa shape index (κ2) is 10.0. The maximum Gasteiger partial charge on any atom is 0.319 e. The van der Waals surface area contributed by atoms with Gasteiger partial charge in [0.05, 0.1) is 0 Å². The zero-order valence-electron chi connectivity index (χ0n) is 21.2. The molecular weight excluding hydrogens is 478 g/mol. The SMILES string of the molecule is Cc1cccn2cc(C(=O)N3CCC(c4ccc(NC(=O)NCc5ccn6ccnc6c5)cc4)CC3)nc12. The summed E-state index contributed by atoms with van der Waals surface area (Å²) in [5, 5.41) is 5.79. The van der Waals surface area contributed by atoms with E-state index in [1.807, 2.05) is 81.8 Å². The van der Waals surface area contributed by atoms with E-state index in [9.17, 15) is 9.59 Å². The summed E-state index contributed by atoms with van der Waals surface area (Å²) in [5.41, 5.74) is 6.16. The highest BCUT2D eigenvalue weighted by Gasteiger charge is 2.26. The largest absolute Gasteiger partial charge is 0.337 e. The summed E-state index contributed by atoms with van der Waals surface area (Å²) >= 11 is 0. The van der Waals surface area contributed by atoms with Crippen molar-refractivity contribution in [2.45, 2.75) is 32.2 Å². The van der Waals surface area contributed by atoms with Gasteiger partial charge in [-0.15, -0.1) is 0 Å². The number of hydrogen-bond acceptors (Lipinski definition) is 4. The van der Waals surface area contributed by atoms with Gasteiger partial charge in [0.1, 0.15) is 17.0 Å². The number of pyridine rings is 2. The second-order valence-electron chi connectivity index (χ2n) is 9.77. The monoisotopic (exact) mass is 507 g/mol.